The topological polar surface area (TPSA) is 63.5 Å². The molecule has 3 rings (SSSR count). The van der Waals surface area contributed by atoms with Crippen molar-refractivity contribution in [1.82, 2.24) is 9.55 Å². The second-order valence-corrected chi connectivity index (χ2v) is 5.10. The minimum atomic E-state index is 0.0234. The van der Waals surface area contributed by atoms with Crippen molar-refractivity contribution in [3.63, 3.8) is 0 Å². The first-order valence-corrected chi connectivity index (χ1v) is 6.64. The summed E-state index contributed by atoms with van der Waals surface area (Å²) in [5.74, 6) is 0.346. The summed E-state index contributed by atoms with van der Waals surface area (Å²) in [5.41, 5.74) is 2.36. The zero-order valence-corrected chi connectivity index (χ0v) is 11.9. The third-order valence-electron chi connectivity index (χ3n) is 3.05. The molecule has 0 bridgehead atoms. The van der Waals surface area contributed by atoms with Crippen LogP contribution >= 0.6 is 12.2 Å². The first-order valence-electron chi connectivity index (χ1n) is 6.23. The third kappa shape index (κ3) is 1.98. The summed E-state index contributed by atoms with van der Waals surface area (Å²) in [7, 11) is 0. The standard InChI is InChI=1S/C14H13N3O2S/c1-8(2)17-13(18)11(19-14(17)20)6-9-7-16-10-4-3-5-15-12(9)10/h3-8,18H,1-2H3/b9-6+. The quantitative estimate of drug-likeness (QED) is 0.854. The Balaban J connectivity index is 2.10. The molecule has 1 N–H and O–H groups in total. The fourth-order valence-electron chi connectivity index (χ4n) is 2.11. The average Bonchev–Trinajstić information content (AvgIpc) is 2.93. The summed E-state index contributed by atoms with van der Waals surface area (Å²) in [5, 5.41) is 10.2. The Hall–Kier alpha value is -2.21. The minimum absolute atomic E-state index is 0.0234. The molecule has 102 valence electrons. The highest BCUT2D eigenvalue weighted by Gasteiger charge is 2.18. The molecule has 0 aliphatic carbocycles. The van der Waals surface area contributed by atoms with Gasteiger partial charge in [0.05, 0.1) is 11.4 Å². The van der Waals surface area contributed by atoms with Gasteiger partial charge in [-0.05, 0) is 44.3 Å². The number of rotatable bonds is 2. The average molecular weight is 287 g/mol. The van der Waals surface area contributed by atoms with Crippen LogP contribution in [0.2, 0.25) is 0 Å². The predicted octanol–water partition coefficient (Wildman–Crippen LogP) is 3.75. The lowest BCUT2D eigenvalue weighted by Crippen LogP contribution is -1.99. The lowest BCUT2D eigenvalue weighted by atomic mass is 10.1. The van der Waals surface area contributed by atoms with Crippen molar-refractivity contribution in [2.24, 2.45) is 4.99 Å². The predicted molar refractivity (Wildman–Crippen MR) is 79.8 cm³/mol. The zero-order valence-electron chi connectivity index (χ0n) is 11.1. The van der Waals surface area contributed by atoms with Crippen LogP contribution in [0.4, 0.5) is 5.69 Å². The number of hydrogen-bond donors (Lipinski definition) is 1. The number of hydrogen-bond acceptors (Lipinski definition) is 5. The van der Waals surface area contributed by atoms with Crippen molar-refractivity contribution < 1.29 is 9.52 Å². The molecule has 0 spiro atoms. The molecule has 5 nitrogen and oxygen atoms in total. The van der Waals surface area contributed by atoms with E-state index in [2.05, 4.69) is 9.98 Å². The van der Waals surface area contributed by atoms with Crippen LogP contribution in [0.25, 0.3) is 11.6 Å². The number of aliphatic imine (C=N–C) groups is 1. The summed E-state index contributed by atoms with van der Waals surface area (Å²) < 4.78 is 7.01. The molecule has 3 heterocycles. The highest BCUT2D eigenvalue weighted by Crippen LogP contribution is 2.33. The summed E-state index contributed by atoms with van der Waals surface area (Å²) >= 11 is 5.11. The molecule has 2 aromatic heterocycles. The summed E-state index contributed by atoms with van der Waals surface area (Å²) in [6.45, 7) is 3.85. The minimum Gasteiger partial charge on any atom is -0.492 e. The lowest BCUT2D eigenvalue weighted by Gasteiger charge is -2.05. The molecule has 0 saturated carbocycles. The molecule has 0 aromatic carbocycles. The van der Waals surface area contributed by atoms with Gasteiger partial charge in [0, 0.05) is 24.0 Å². The number of oxazole rings is 1. The molecular formula is C14H13N3O2S. The van der Waals surface area contributed by atoms with Crippen LogP contribution in [0.5, 0.6) is 5.88 Å². The molecule has 2 aromatic rings. The van der Waals surface area contributed by atoms with Crippen molar-refractivity contribution in [2.45, 2.75) is 19.9 Å². The molecule has 20 heavy (non-hydrogen) atoms. The Morgan fingerprint density at radius 3 is 2.95 bits per heavy atom. The Bertz CT molecular complexity index is 784. The maximum absolute atomic E-state index is 10.2. The van der Waals surface area contributed by atoms with E-state index in [4.69, 9.17) is 16.6 Å². The van der Waals surface area contributed by atoms with Crippen LogP contribution in [-0.4, -0.2) is 20.9 Å². The van der Waals surface area contributed by atoms with Crippen LogP contribution in [0.1, 0.15) is 31.3 Å². The van der Waals surface area contributed by atoms with Crippen molar-refractivity contribution in [1.29, 1.82) is 0 Å². The molecule has 0 radical (unpaired) electrons. The molecule has 1 aliphatic rings. The van der Waals surface area contributed by atoms with E-state index >= 15 is 0 Å². The van der Waals surface area contributed by atoms with E-state index in [9.17, 15) is 5.11 Å². The van der Waals surface area contributed by atoms with Crippen LogP contribution in [0.3, 0.4) is 0 Å². The van der Waals surface area contributed by atoms with Gasteiger partial charge in [-0.1, -0.05) is 0 Å². The Morgan fingerprint density at radius 2 is 2.25 bits per heavy atom. The fraction of sp³-hybridized carbons (Fsp3) is 0.214. The number of aromatic nitrogens is 2. The normalized spacial score (nSPS) is 15.2. The summed E-state index contributed by atoms with van der Waals surface area (Å²) in [6, 6.07) is 3.74. The highest BCUT2D eigenvalue weighted by molar-refractivity contribution is 7.71. The molecule has 0 atom stereocenters. The van der Waals surface area contributed by atoms with Gasteiger partial charge in [0.15, 0.2) is 5.76 Å². The largest absolute Gasteiger partial charge is 0.492 e. The van der Waals surface area contributed by atoms with Gasteiger partial charge in [-0.2, -0.15) is 0 Å². The Kier molecular flexibility index (Phi) is 3.02. The van der Waals surface area contributed by atoms with Crippen LogP contribution in [0.15, 0.2) is 27.7 Å². The molecule has 0 amide bonds. The van der Waals surface area contributed by atoms with Gasteiger partial charge in [-0.25, -0.2) is 0 Å². The van der Waals surface area contributed by atoms with E-state index in [0.717, 1.165) is 17.0 Å². The van der Waals surface area contributed by atoms with Crippen LogP contribution in [-0.2, 0) is 0 Å². The summed E-state index contributed by atoms with van der Waals surface area (Å²) in [4.78, 5) is 8.79. The van der Waals surface area contributed by atoms with Gasteiger partial charge in [0.25, 0.3) is 4.84 Å². The maximum atomic E-state index is 10.2. The number of allylic oxidation sites excluding steroid dienone is 1. The van der Waals surface area contributed by atoms with Gasteiger partial charge in [-0.3, -0.25) is 14.5 Å². The van der Waals surface area contributed by atoms with Gasteiger partial charge < -0.3 is 9.52 Å². The molecular weight excluding hydrogens is 274 g/mol. The second kappa shape index (κ2) is 4.72. The van der Waals surface area contributed by atoms with Gasteiger partial charge in [0.1, 0.15) is 0 Å². The molecule has 1 aliphatic heterocycles. The molecule has 0 saturated heterocycles. The number of pyridine rings is 1. The maximum Gasteiger partial charge on any atom is 0.272 e. The first kappa shape index (κ1) is 12.8. The van der Waals surface area contributed by atoms with E-state index in [-0.39, 0.29) is 16.8 Å². The van der Waals surface area contributed by atoms with Gasteiger partial charge in [-0.15, -0.1) is 0 Å². The monoisotopic (exact) mass is 287 g/mol. The van der Waals surface area contributed by atoms with Crippen LogP contribution in [0, 0.1) is 4.84 Å². The number of nitrogens with zero attached hydrogens (tertiary/aromatic N) is 3. The van der Waals surface area contributed by atoms with Crippen molar-refractivity contribution in [3.8, 4) is 5.88 Å². The van der Waals surface area contributed by atoms with E-state index in [1.54, 1.807) is 23.1 Å². The van der Waals surface area contributed by atoms with Crippen molar-refractivity contribution in [2.75, 3.05) is 0 Å². The van der Waals surface area contributed by atoms with Crippen molar-refractivity contribution >= 4 is 35.8 Å². The zero-order chi connectivity index (χ0) is 14.3. The van der Waals surface area contributed by atoms with E-state index < -0.39 is 0 Å². The SMILES string of the molecule is CC(C)n1c(O)c(/C=C2\C=Nc3cccnc32)oc1=S. The van der Waals surface area contributed by atoms with Gasteiger partial charge >= 0.3 is 0 Å². The van der Waals surface area contributed by atoms with E-state index in [1.807, 2.05) is 26.0 Å². The fourth-order valence-corrected chi connectivity index (χ4v) is 2.50. The number of fused-ring (bicyclic) bond motifs is 1. The van der Waals surface area contributed by atoms with E-state index in [0.29, 0.717) is 5.76 Å². The van der Waals surface area contributed by atoms with Gasteiger partial charge in [0.2, 0.25) is 5.88 Å². The smallest absolute Gasteiger partial charge is 0.272 e. The molecule has 0 fully saturated rings. The first-order chi connectivity index (χ1) is 9.58. The molecule has 0 unspecified atom stereocenters. The lowest BCUT2D eigenvalue weighted by molar-refractivity contribution is 0.397. The second-order valence-electron chi connectivity index (χ2n) is 4.75. The summed E-state index contributed by atoms with van der Waals surface area (Å²) in [6.07, 6.45) is 5.10. The highest BCUT2D eigenvalue weighted by atomic mass is 32.1. The Labute approximate surface area is 120 Å². The van der Waals surface area contributed by atoms with Crippen molar-refractivity contribution in [3.05, 3.63) is 34.6 Å². The Morgan fingerprint density at radius 1 is 1.45 bits per heavy atom. The third-order valence-corrected chi connectivity index (χ3v) is 3.33. The van der Waals surface area contributed by atoms with Crippen LogP contribution < -0.4 is 0 Å². The molecule has 6 heteroatoms. The van der Waals surface area contributed by atoms with E-state index in [1.165, 1.54) is 0 Å². The number of aromatic hydroxyl groups is 1.